The number of methoxy groups -OCH3 is 1. The Morgan fingerprint density at radius 2 is 2.00 bits per heavy atom. The van der Waals surface area contributed by atoms with Crippen LogP contribution in [0.1, 0.15) is 0 Å². The number of likely N-dealkylation sites (N-methyl/N-ethyl adjacent to an activating group) is 2. The van der Waals surface area contributed by atoms with Gasteiger partial charge in [0, 0.05) is 33.8 Å². The lowest BCUT2D eigenvalue weighted by Gasteiger charge is -2.17. The molecule has 0 unspecified atom stereocenters. The monoisotopic (exact) mass is 225 g/mol. The Bertz CT molecular complexity index is 230. The van der Waals surface area contributed by atoms with Gasteiger partial charge in [-0.3, -0.25) is 0 Å². The lowest BCUT2D eigenvalue weighted by Crippen LogP contribution is -2.42. The highest BCUT2D eigenvalue weighted by Gasteiger charge is 2.15. The number of nitrogens with zero attached hydrogens (tertiary/aromatic N) is 1. The summed E-state index contributed by atoms with van der Waals surface area (Å²) in [6, 6.07) is 0. The van der Waals surface area contributed by atoms with Crippen molar-refractivity contribution in [2.45, 2.75) is 0 Å². The molecule has 0 aliphatic rings. The lowest BCUT2D eigenvalue weighted by atomic mass is 10.6. The first-order chi connectivity index (χ1) is 6.54. The zero-order valence-corrected chi connectivity index (χ0v) is 9.73. The summed E-state index contributed by atoms with van der Waals surface area (Å²) in [5.74, 6) is 0. The third-order valence-electron chi connectivity index (χ3n) is 1.68. The molecule has 0 saturated heterocycles. The summed E-state index contributed by atoms with van der Waals surface area (Å²) < 4.78 is 31.3. The van der Waals surface area contributed by atoms with Gasteiger partial charge < -0.3 is 10.1 Å². The van der Waals surface area contributed by atoms with Crippen molar-refractivity contribution >= 4 is 10.2 Å². The molecule has 0 saturated carbocycles. The molecule has 0 aromatic heterocycles. The Balaban J connectivity index is 3.91. The first-order valence-electron chi connectivity index (χ1n) is 4.39. The van der Waals surface area contributed by atoms with E-state index in [2.05, 4.69) is 10.0 Å². The van der Waals surface area contributed by atoms with Gasteiger partial charge in [0.25, 0.3) is 10.2 Å². The van der Waals surface area contributed by atoms with Crippen LogP contribution in [0.25, 0.3) is 0 Å². The molecule has 7 heteroatoms. The average molecular weight is 225 g/mol. The minimum Gasteiger partial charge on any atom is -0.383 e. The number of nitrogens with one attached hydrogen (secondary N) is 2. The van der Waals surface area contributed by atoms with Gasteiger partial charge in [0.1, 0.15) is 0 Å². The smallest absolute Gasteiger partial charge is 0.279 e. The van der Waals surface area contributed by atoms with Gasteiger partial charge in [-0.25, -0.2) is 0 Å². The van der Waals surface area contributed by atoms with E-state index in [9.17, 15) is 8.42 Å². The molecule has 14 heavy (non-hydrogen) atoms. The molecule has 0 spiro atoms. The standard InChI is InChI=1S/C7H19N3O3S/c1-8-4-6-10(2)14(11,12)9-5-7-13-3/h8-9H,4-7H2,1-3H3. The third-order valence-corrected chi connectivity index (χ3v) is 3.25. The fourth-order valence-electron chi connectivity index (χ4n) is 0.772. The Hall–Kier alpha value is -0.210. The molecule has 0 radical (unpaired) electrons. The highest BCUT2D eigenvalue weighted by molar-refractivity contribution is 7.87. The second-order valence-corrected chi connectivity index (χ2v) is 4.68. The largest absolute Gasteiger partial charge is 0.383 e. The van der Waals surface area contributed by atoms with E-state index < -0.39 is 10.2 Å². The highest BCUT2D eigenvalue weighted by Crippen LogP contribution is 1.91. The topological polar surface area (TPSA) is 70.7 Å². The van der Waals surface area contributed by atoms with E-state index in [1.54, 1.807) is 7.05 Å². The van der Waals surface area contributed by atoms with Gasteiger partial charge in [0.05, 0.1) is 6.61 Å². The van der Waals surface area contributed by atoms with E-state index >= 15 is 0 Å². The number of hydrogen-bond donors (Lipinski definition) is 2. The van der Waals surface area contributed by atoms with Gasteiger partial charge in [-0.15, -0.1) is 0 Å². The molecule has 2 N–H and O–H groups in total. The maximum absolute atomic E-state index is 11.4. The van der Waals surface area contributed by atoms with E-state index in [-0.39, 0.29) is 0 Å². The second-order valence-electron chi connectivity index (χ2n) is 2.82. The van der Waals surface area contributed by atoms with Crippen molar-refractivity contribution in [2.24, 2.45) is 0 Å². The number of rotatable bonds is 8. The molecule has 0 atom stereocenters. The fourth-order valence-corrected chi connectivity index (χ4v) is 1.67. The van der Waals surface area contributed by atoms with Crippen molar-refractivity contribution < 1.29 is 13.2 Å². The summed E-state index contributed by atoms with van der Waals surface area (Å²) in [5.41, 5.74) is 0. The first-order valence-corrected chi connectivity index (χ1v) is 5.83. The molecule has 0 aliphatic heterocycles. The molecule has 0 aliphatic carbocycles. The van der Waals surface area contributed by atoms with Crippen molar-refractivity contribution in [3.05, 3.63) is 0 Å². The Morgan fingerprint density at radius 1 is 1.36 bits per heavy atom. The van der Waals surface area contributed by atoms with Crippen molar-refractivity contribution in [1.29, 1.82) is 0 Å². The van der Waals surface area contributed by atoms with Gasteiger partial charge in [-0.1, -0.05) is 0 Å². The normalized spacial score (nSPS) is 12.3. The molecule has 0 rings (SSSR count). The van der Waals surface area contributed by atoms with Gasteiger partial charge in [-0.2, -0.15) is 17.4 Å². The van der Waals surface area contributed by atoms with Crippen molar-refractivity contribution in [3.8, 4) is 0 Å². The molecule has 0 bridgehead atoms. The van der Waals surface area contributed by atoms with Crippen LogP contribution in [0.4, 0.5) is 0 Å². The third kappa shape index (κ3) is 5.51. The molecule has 86 valence electrons. The van der Waals surface area contributed by atoms with Crippen LogP contribution >= 0.6 is 0 Å². The van der Waals surface area contributed by atoms with Crippen LogP contribution in [0.15, 0.2) is 0 Å². The van der Waals surface area contributed by atoms with Crippen molar-refractivity contribution in [1.82, 2.24) is 14.3 Å². The van der Waals surface area contributed by atoms with Crippen LogP contribution in [-0.2, 0) is 14.9 Å². The molecular weight excluding hydrogens is 206 g/mol. The van der Waals surface area contributed by atoms with E-state index in [1.165, 1.54) is 18.5 Å². The maximum Gasteiger partial charge on any atom is 0.279 e. The van der Waals surface area contributed by atoms with Crippen LogP contribution in [0.3, 0.4) is 0 Å². The summed E-state index contributed by atoms with van der Waals surface area (Å²) in [5, 5.41) is 2.88. The quantitative estimate of drug-likeness (QED) is 0.499. The molecule has 6 nitrogen and oxygen atoms in total. The van der Waals surface area contributed by atoms with Crippen molar-refractivity contribution in [3.63, 3.8) is 0 Å². The Kier molecular flexibility index (Phi) is 7.02. The van der Waals surface area contributed by atoms with Crippen LogP contribution < -0.4 is 10.0 Å². The molecule has 0 aromatic carbocycles. The second kappa shape index (κ2) is 7.13. The SMILES string of the molecule is CNCCN(C)S(=O)(=O)NCCOC. The predicted molar refractivity (Wildman–Crippen MR) is 55.4 cm³/mol. The van der Waals surface area contributed by atoms with Gasteiger partial charge in [0.15, 0.2) is 0 Å². The predicted octanol–water partition coefficient (Wildman–Crippen LogP) is -1.38. The van der Waals surface area contributed by atoms with E-state index in [0.717, 1.165) is 0 Å². The van der Waals surface area contributed by atoms with Gasteiger partial charge in [0.2, 0.25) is 0 Å². The summed E-state index contributed by atoms with van der Waals surface area (Å²) in [4.78, 5) is 0. The molecule has 0 amide bonds. The molecular formula is C7H19N3O3S. The zero-order chi connectivity index (χ0) is 11.0. The molecule has 0 fully saturated rings. The fraction of sp³-hybridized carbons (Fsp3) is 1.00. The van der Waals surface area contributed by atoms with Crippen LogP contribution in [0.5, 0.6) is 0 Å². The van der Waals surface area contributed by atoms with E-state index in [0.29, 0.717) is 26.2 Å². The summed E-state index contributed by atoms with van der Waals surface area (Å²) in [6.45, 7) is 1.74. The number of ether oxygens (including phenoxy) is 1. The summed E-state index contributed by atoms with van der Waals surface area (Å²) in [7, 11) is 1.50. The minimum absolute atomic E-state index is 0.294. The lowest BCUT2D eigenvalue weighted by molar-refractivity contribution is 0.204. The Morgan fingerprint density at radius 3 is 2.50 bits per heavy atom. The van der Waals surface area contributed by atoms with E-state index in [1.807, 2.05) is 0 Å². The van der Waals surface area contributed by atoms with Gasteiger partial charge in [-0.05, 0) is 7.05 Å². The van der Waals surface area contributed by atoms with Gasteiger partial charge >= 0.3 is 0 Å². The maximum atomic E-state index is 11.4. The van der Waals surface area contributed by atoms with Crippen molar-refractivity contribution in [2.75, 3.05) is 47.4 Å². The van der Waals surface area contributed by atoms with Crippen LogP contribution in [0.2, 0.25) is 0 Å². The highest BCUT2D eigenvalue weighted by atomic mass is 32.2. The minimum atomic E-state index is -3.34. The average Bonchev–Trinajstić information content (AvgIpc) is 2.14. The summed E-state index contributed by atoms with van der Waals surface area (Å²) >= 11 is 0. The van der Waals surface area contributed by atoms with Crippen LogP contribution in [0, 0.1) is 0 Å². The molecule has 0 heterocycles. The first kappa shape index (κ1) is 13.8. The van der Waals surface area contributed by atoms with E-state index in [4.69, 9.17) is 4.74 Å². The zero-order valence-electron chi connectivity index (χ0n) is 8.91. The molecule has 0 aromatic rings. The summed E-state index contributed by atoms with van der Waals surface area (Å²) in [6.07, 6.45) is 0. The number of hydrogen-bond acceptors (Lipinski definition) is 4. The van der Waals surface area contributed by atoms with Crippen LogP contribution in [-0.4, -0.2) is 60.2 Å². The Labute approximate surface area is 85.8 Å².